The molecule has 2 bridgehead atoms. The van der Waals surface area contributed by atoms with Crippen molar-refractivity contribution in [2.24, 2.45) is 35.5 Å². The van der Waals surface area contributed by atoms with Crippen LogP contribution in [0, 0.1) is 35.5 Å². The second kappa shape index (κ2) is 30.1. The molecule has 74 heavy (non-hydrogen) atoms. The van der Waals surface area contributed by atoms with E-state index in [2.05, 4.69) is 4.90 Å². The normalized spacial score (nSPS) is 36.2. The molecule has 16 nitrogen and oxygen atoms in total. The number of nitrogens with zero attached hydrogens (tertiary/aromatic N) is 2. The Kier molecular flexibility index (Phi) is 25.5. The Bertz CT molecular complexity index is 2000. The smallest absolute Gasteiger partial charge is 0.329 e. The topological polar surface area (TPSA) is 205 Å². The van der Waals surface area contributed by atoms with Gasteiger partial charge in [0.25, 0.3) is 11.7 Å². The van der Waals surface area contributed by atoms with E-state index in [-0.39, 0.29) is 61.2 Å². The van der Waals surface area contributed by atoms with Crippen molar-refractivity contribution in [3.05, 3.63) is 47.6 Å². The summed E-state index contributed by atoms with van der Waals surface area (Å²) in [6.45, 7) is 18.8. The lowest BCUT2D eigenvalue weighted by Crippen LogP contribution is -2.61. The number of aliphatic hydroxyl groups excluding tert-OH is 1. The highest BCUT2D eigenvalue weighted by Gasteiger charge is 2.53. The van der Waals surface area contributed by atoms with E-state index in [4.69, 9.17) is 28.4 Å². The molecule has 2 N–H and O–H groups in total. The van der Waals surface area contributed by atoms with Crippen LogP contribution in [0.3, 0.4) is 0 Å². The SMILES string of the molecule is CCN(CC)CCC(=O)OC1C(C)=CC(C)C(=O)CC(C(C)CC2CCC(O)C(OC)C2)OC(=O)C2CCCCN2C(=O)C(=O)[C@@]2(O)OC(CCC2C)CC(OC)/C(C)=C/C=C\C=C\C(C)CC(C)C(=O)C1OC. The number of hydrogen-bond acceptors (Lipinski definition) is 15. The number of fused-ring (bicyclic) bond motifs is 3. The van der Waals surface area contributed by atoms with Gasteiger partial charge in [-0.3, -0.25) is 24.0 Å². The molecular weight excluding hydrogens is 949 g/mol. The Hall–Kier alpha value is -3.90. The number of ether oxygens (including phenoxy) is 6. The van der Waals surface area contributed by atoms with E-state index in [9.17, 15) is 39.0 Å². The Morgan fingerprint density at radius 1 is 0.865 bits per heavy atom. The predicted molar refractivity (Wildman–Crippen MR) is 281 cm³/mol. The second-order valence-corrected chi connectivity index (χ2v) is 21.8. The van der Waals surface area contributed by atoms with Gasteiger partial charge in [-0.2, -0.15) is 0 Å². The molecule has 0 spiro atoms. The molecule has 0 aromatic carbocycles. The van der Waals surface area contributed by atoms with E-state index in [0.29, 0.717) is 76.3 Å². The summed E-state index contributed by atoms with van der Waals surface area (Å²) in [4.78, 5) is 89.1. The molecule has 1 aliphatic carbocycles. The van der Waals surface area contributed by atoms with E-state index >= 15 is 0 Å². The summed E-state index contributed by atoms with van der Waals surface area (Å²) in [6.07, 6.45) is 11.2. The van der Waals surface area contributed by atoms with E-state index in [1.54, 1.807) is 41.1 Å². The van der Waals surface area contributed by atoms with Gasteiger partial charge in [0, 0.05) is 65.0 Å². The number of cyclic esters (lactones) is 1. The minimum atomic E-state index is -2.45. The summed E-state index contributed by atoms with van der Waals surface area (Å²) < 4.78 is 36.1. The number of rotatable bonds is 12. The monoisotopic (exact) mass is 1040 g/mol. The number of allylic oxidation sites excluding steroid dienone is 6. The van der Waals surface area contributed by atoms with Crippen LogP contribution in [0.25, 0.3) is 0 Å². The summed E-state index contributed by atoms with van der Waals surface area (Å²) >= 11 is 0. The number of carbonyl (C=O) groups excluding carboxylic acids is 6. The highest BCUT2D eigenvalue weighted by molar-refractivity contribution is 6.39. The van der Waals surface area contributed by atoms with Gasteiger partial charge in [-0.15, -0.1) is 0 Å². The zero-order valence-electron chi connectivity index (χ0n) is 46.8. The number of aliphatic hydroxyl groups is 2. The minimum absolute atomic E-state index is 0.0243. The number of esters is 2. The fourth-order valence-electron chi connectivity index (χ4n) is 11.2. The first-order chi connectivity index (χ1) is 35.1. The van der Waals surface area contributed by atoms with Crippen LogP contribution < -0.4 is 0 Å². The van der Waals surface area contributed by atoms with E-state index in [1.807, 2.05) is 71.9 Å². The highest BCUT2D eigenvalue weighted by Crippen LogP contribution is 2.38. The molecular formula is C58H92N2O14. The van der Waals surface area contributed by atoms with Crippen LogP contribution >= 0.6 is 0 Å². The third kappa shape index (κ3) is 17.3. The summed E-state index contributed by atoms with van der Waals surface area (Å²) in [5.41, 5.74) is 1.32. The highest BCUT2D eigenvalue weighted by atomic mass is 16.6. The lowest BCUT2D eigenvalue weighted by Gasteiger charge is -2.42. The van der Waals surface area contributed by atoms with Crippen LogP contribution in [-0.4, -0.2) is 157 Å². The maximum Gasteiger partial charge on any atom is 0.329 e. The van der Waals surface area contributed by atoms with Crippen LogP contribution in [0.5, 0.6) is 0 Å². The zero-order chi connectivity index (χ0) is 54.9. The predicted octanol–water partition coefficient (Wildman–Crippen LogP) is 7.46. The molecule has 14 unspecified atom stereocenters. The zero-order valence-corrected chi connectivity index (χ0v) is 46.8. The Balaban J connectivity index is 1.77. The molecule has 3 heterocycles. The average molecular weight is 1040 g/mol. The number of amides is 1. The first-order valence-corrected chi connectivity index (χ1v) is 27.5. The summed E-state index contributed by atoms with van der Waals surface area (Å²) in [5.74, 6) is -8.75. The minimum Gasteiger partial charge on any atom is -0.460 e. The van der Waals surface area contributed by atoms with Gasteiger partial charge in [-0.1, -0.05) is 84.9 Å². The quantitative estimate of drug-likeness (QED) is 0.111. The van der Waals surface area contributed by atoms with Crippen LogP contribution in [0.15, 0.2) is 47.6 Å². The van der Waals surface area contributed by atoms with Crippen molar-refractivity contribution in [2.75, 3.05) is 47.5 Å². The first kappa shape index (κ1) is 62.6. The first-order valence-electron chi connectivity index (χ1n) is 27.5. The van der Waals surface area contributed by atoms with Gasteiger partial charge in [0.2, 0.25) is 5.79 Å². The number of methoxy groups -OCH3 is 3. The lowest BCUT2D eigenvalue weighted by molar-refractivity contribution is -0.265. The van der Waals surface area contributed by atoms with Gasteiger partial charge in [0.05, 0.1) is 30.8 Å². The molecule has 418 valence electrons. The van der Waals surface area contributed by atoms with Crippen molar-refractivity contribution < 1.29 is 67.4 Å². The molecule has 0 aromatic heterocycles. The van der Waals surface area contributed by atoms with Crippen LogP contribution in [0.1, 0.15) is 146 Å². The number of ketones is 3. The van der Waals surface area contributed by atoms with Crippen molar-refractivity contribution in [3.63, 3.8) is 0 Å². The standard InChI is InChI=1S/C58H92N2O14/c1-13-59(14-2)29-27-51(63)73-53-41(8)31-38(5)47(62)35-49(39(6)32-43-24-26-46(61)50(33-43)70-11)72-57(67)45-22-18-19-28-60(45)56(66)55(65)58(68)42(9)23-25-44(74-58)34-48(69-10)37(4)21-17-15-16-20-36(3)30-40(7)52(64)54(53)71-12/h15-17,20-21,31,36,38-40,42-46,48-50,53-54,61,68H,13-14,18-19,22-30,32-35H2,1-12H3/b17-15-,20-16+,37-21+,41-31?/t36?,38?,39?,40?,42?,43?,44?,45?,46?,48?,49?,50?,53?,54?,58-/m0/s1. The molecule has 0 aromatic rings. The fraction of sp³-hybridized carbons (Fsp3) is 0.759. The summed E-state index contributed by atoms with van der Waals surface area (Å²) in [5, 5.41) is 22.6. The molecule has 15 atom stereocenters. The molecule has 2 saturated heterocycles. The Labute approximate surface area is 442 Å². The lowest BCUT2D eigenvalue weighted by atomic mass is 9.78. The maximum absolute atomic E-state index is 14.6. The largest absolute Gasteiger partial charge is 0.460 e. The van der Waals surface area contributed by atoms with Crippen molar-refractivity contribution in [2.45, 2.75) is 200 Å². The number of Topliss-reactive ketones (excluding diaryl/α,β-unsaturated/α-hetero) is 3. The van der Waals surface area contributed by atoms with Crippen LogP contribution in [0.4, 0.5) is 0 Å². The molecule has 0 radical (unpaired) electrons. The molecule has 1 saturated carbocycles. The second-order valence-electron chi connectivity index (χ2n) is 21.8. The molecule has 16 heteroatoms. The van der Waals surface area contributed by atoms with Gasteiger partial charge in [0.1, 0.15) is 17.9 Å². The average Bonchev–Trinajstić information content (AvgIpc) is 3.38. The van der Waals surface area contributed by atoms with Crippen molar-refractivity contribution in [1.82, 2.24) is 9.80 Å². The Morgan fingerprint density at radius 3 is 2.24 bits per heavy atom. The Morgan fingerprint density at radius 2 is 1.58 bits per heavy atom. The van der Waals surface area contributed by atoms with Crippen LogP contribution in [0.2, 0.25) is 0 Å². The fourth-order valence-corrected chi connectivity index (χ4v) is 11.2. The number of piperidine rings is 1. The van der Waals surface area contributed by atoms with Crippen molar-refractivity contribution in [1.29, 1.82) is 0 Å². The molecule has 3 aliphatic heterocycles. The molecule has 3 fully saturated rings. The third-order valence-corrected chi connectivity index (χ3v) is 16.2. The van der Waals surface area contributed by atoms with Gasteiger partial charge in [-0.25, -0.2) is 4.79 Å². The number of carbonyl (C=O) groups is 6. The summed E-state index contributed by atoms with van der Waals surface area (Å²) in [7, 11) is 4.56. The van der Waals surface area contributed by atoms with E-state index in [1.165, 1.54) is 12.0 Å². The molecule has 4 aliphatic rings. The van der Waals surface area contributed by atoms with Gasteiger partial charge < -0.3 is 48.4 Å². The number of hydrogen-bond donors (Lipinski definition) is 2. The van der Waals surface area contributed by atoms with Crippen LogP contribution in [-0.2, 0) is 57.2 Å². The van der Waals surface area contributed by atoms with Crippen molar-refractivity contribution in [3.8, 4) is 0 Å². The van der Waals surface area contributed by atoms with E-state index in [0.717, 1.165) is 18.7 Å². The summed E-state index contributed by atoms with van der Waals surface area (Å²) in [6, 6.07) is -1.17. The third-order valence-electron chi connectivity index (χ3n) is 16.2. The van der Waals surface area contributed by atoms with Gasteiger partial charge in [-0.05, 0) is 120 Å². The molecule has 4 rings (SSSR count). The van der Waals surface area contributed by atoms with E-state index < -0.39 is 89.8 Å². The van der Waals surface area contributed by atoms with Crippen molar-refractivity contribution >= 4 is 35.2 Å². The molecule has 1 amide bonds. The maximum atomic E-state index is 14.6. The van der Waals surface area contributed by atoms with Gasteiger partial charge in [0.15, 0.2) is 18.0 Å². The van der Waals surface area contributed by atoms with Gasteiger partial charge >= 0.3 is 11.9 Å².